The molecule has 1 aromatic carbocycles. The minimum Gasteiger partial charge on any atom is -0.497 e. The number of carbonyl (C=O) groups excluding carboxylic acids is 2. The predicted molar refractivity (Wildman–Crippen MR) is 144 cm³/mol. The Kier molecular flexibility index (Phi) is 8.84. The fourth-order valence-electron chi connectivity index (χ4n) is 5.49. The number of ether oxygens (including phenoxy) is 1. The van der Waals surface area contributed by atoms with E-state index in [2.05, 4.69) is 9.88 Å². The van der Waals surface area contributed by atoms with E-state index in [9.17, 15) is 27.9 Å². The zero-order valence-electron chi connectivity index (χ0n) is 22.7. The lowest BCUT2D eigenvalue weighted by Crippen LogP contribution is -2.58. The topological polar surface area (TPSA) is 86.2 Å². The standard InChI is InChI=1S/C28H34ClF3N4O4/c1-34(2)25(37)22-7-8-23(33-24(22)29)35-11-9-18(10-12-35)13-19-15-36(16-19)26(38)27(39,17-28(30,31)32)20-5-4-6-21(14-20)40-3/h4-8,14,18-19,39H,9-13,15-17H2,1-3H3/t27-/m1/s1. The molecule has 2 aliphatic heterocycles. The van der Waals surface area contributed by atoms with Gasteiger partial charge in [0.1, 0.15) is 16.7 Å². The Bertz CT molecular complexity index is 1230. The van der Waals surface area contributed by atoms with E-state index < -0.39 is 24.1 Å². The second kappa shape index (κ2) is 11.8. The van der Waals surface area contributed by atoms with Crippen LogP contribution in [0.1, 0.15) is 41.6 Å². The summed E-state index contributed by atoms with van der Waals surface area (Å²) >= 11 is 6.27. The lowest BCUT2D eigenvalue weighted by molar-refractivity contribution is -0.196. The second-order valence-electron chi connectivity index (χ2n) is 10.8. The second-order valence-corrected chi connectivity index (χ2v) is 11.2. The first-order valence-corrected chi connectivity index (χ1v) is 13.5. The molecule has 218 valence electrons. The van der Waals surface area contributed by atoms with Crippen LogP contribution in [0, 0.1) is 11.8 Å². The molecule has 0 radical (unpaired) electrons. The molecule has 2 saturated heterocycles. The summed E-state index contributed by atoms with van der Waals surface area (Å²) in [6.45, 7) is 2.13. The highest BCUT2D eigenvalue weighted by atomic mass is 35.5. The minimum atomic E-state index is -4.74. The molecule has 2 amide bonds. The Balaban J connectivity index is 1.32. The van der Waals surface area contributed by atoms with E-state index in [1.54, 1.807) is 32.3 Å². The Morgan fingerprint density at radius 3 is 2.38 bits per heavy atom. The Morgan fingerprint density at radius 1 is 1.12 bits per heavy atom. The first-order chi connectivity index (χ1) is 18.8. The summed E-state index contributed by atoms with van der Waals surface area (Å²) in [6.07, 6.45) is -3.78. The van der Waals surface area contributed by atoms with Gasteiger partial charge in [-0.15, -0.1) is 0 Å². The molecule has 1 N–H and O–H groups in total. The van der Waals surface area contributed by atoms with Gasteiger partial charge in [0.25, 0.3) is 11.8 Å². The highest BCUT2D eigenvalue weighted by molar-refractivity contribution is 6.32. The van der Waals surface area contributed by atoms with Crippen LogP contribution in [0.25, 0.3) is 0 Å². The van der Waals surface area contributed by atoms with Crippen molar-refractivity contribution in [3.8, 4) is 5.75 Å². The van der Waals surface area contributed by atoms with Crippen molar-refractivity contribution in [1.82, 2.24) is 14.8 Å². The highest BCUT2D eigenvalue weighted by Gasteiger charge is 2.51. The minimum absolute atomic E-state index is 0.141. The maximum atomic E-state index is 13.4. The third-order valence-electron chi connectivity index (χ3n) is 7.68. The van der Waals surface area contributed by atoms with Crippen LogP contribution in [0.3, 0.4) is 0 Å². The van der Waals surface area contributed by atoms with Gasteiger partial charge in [-0.2, -0.15) is 13.2 Å². The number of alkyl halides is 3. The molecular weight excluding hydrogens is 549 g/mol. The molecule has 0 unspecified atom stereocenters. The molecule has 4 rings (SSSR count). The van der Waals surface area contributed by atoms with Crippen LogP contribution in [0.4, 0.5) is 19.0 Å². The van der Waals surface area contributed by atoms with Gasteiger partial charge in [0.05, 0.1) is 19.1 Å². The summed E-state index contributed by atoms with van der Waals surface area (Å²) in [6, 6.07) is 9.05. The van der Waals surface area contributed by atoms with Crippen LogP contribution in [-0.2, 0) is 10.4 Å². The van der Waals surface area contributed by atoms with Gasteiger partial charge < -0.3 is 24.5 Å². The summed E-state index contributed by atoms with van der Waals surface area (Å²) in [7, 11) is 4.67. The molecule has 2 aliphatic rings. The average molecular weight is 583 g/mol. The van der Waals surface area contributed by atoms with Crippen molar-refractivity contribution in [1.29, 1.82) is 0 Å². The number of methoxy groups -OCH3 is 1. The number of aliphatic hydroxyl groups is 1. The van der Waals surface area contributed by atoms with Gasteiger partial charge in [-0.3, -0.25) is 9.59 Å². The summed E-state index contributed by atoms with van der Waals surface area (Å²) in [5.74, 6) is 0.370. The number of piperidine rings is 1. The molecule has 12 heteroatoms. The van der Waals surface area contributed by atoms with Gasteiger partial charge in [0, 0.05) is 40.3 Å². The molecular formula is C28H34ClF3N4O4. The predicted octanol–water partition coefficient (Wildman–Crippen LogP) is 4.35. The van der Waals surface area contributed by atoms with Crippen molar-refractivity contribution in [2.75, 3.05) is 52.3 Å². The number of aromatic nitrogens is 1. The third-order valence-corrected chi connectivity index (χ3v) is 7.97. The fraction of sp³-hybridized carbons (Fsp3) is 0.536. The number of hydrogen-bond acceptors (Lipinski definition) is 6. The van der Waals surface area contributed by atoms with E-state index in [0.29, 0.717) is 30.4 Å². The molecule has 0 bridgehead atoms. The maximum Gasteiger partial charge on any atom is 0.392 e. The number of likely N-dealkylation sites (tertiary alicyclic amines) is 1. The van der Waals surface area contributed by atoms with Crippen LogP contribution in [0.2, 0.25) is 5.15 Å². The monoisotopic (exact) mass is 582 g/mol. The normalized spacial score (nSPS) is 18.2. The number of benzene rings is 1. The molecule has 2 fully saturated rings. The Labute approximate surface area is 236 Å². The fourth-order valence-corrected chi connectivity index (χ4v) is 5.72. The van der Waals surface area contributed by atoms with E-state index in [-0.39, 0.29) is 28.3 Å². The van der Waals surface area contributed by atoms with Crippen LogP contribution >= 0.6 is 11.6 Å². The quantitative estimate of drug-likeness (QED) is 0.466. The van der Waals surface area contributed by atoms with Gasteiger partial charge in [0.15, 0.2) is 5.60 Å². The molecule has 40 heavy (non-hydrogen) atoms. The van der Waals surface area contributed by atoms with E-state index in [1.165, 1.54) is 35.1 Å². The number of halogens is 4. The lowest BCUT2D eigenvalue weighted by atomic mass is 9.81. The number of nitrogens with zero attached hydrogens (tertiary/aromatic N) is 4. The van der Waals surface area contributed by atoms with Crippen LogP contribution in [0.15, 0.2) is 36.4 Å². The Morgan fingerprint density at radius 2 is 1.80 bits per heavy atom. The van der Waals surface area contributed by atoms with E-state index in [1.807, 2.05) is 0 Å². The van der Waals surface area contributed by atoms with Crippen molar-refractivity contribution in [2.45, 2.75) is 37.5 Å². The molecule has 8 nitrogen and oxygen atoms in total. The molecule has 1 atom stereocenters. The van der Waals surface area contributed by atoms with Crippen molar-refractivity contribution in [2.24, 2.45) is 11.8 Å². The van der Waals surface area contributed by atoms with Crippen LogP contribution < -0.4 is 9.64 Å². The molecule has 0 aliphatic carbocycles. The first kappa shape index (κ1) is 29.9. The summed E-state index contributed by atoms with van der Waals surface area (Å²) in [5, 5.41) is 11.2. The van der Waals surface area contributed by atoms with Crippen molar-refractivity contribution in [3.63, 3.8) is 0 Å². The summed E-state index contributed by atoms with van der Waals surface area (Å²) in [4.78, 5) is 34.7. The third kappa shape index (κ3) is 6.63. The van der Waals surface area contributed by atoms with Crippen LogP contribution in [0.5, 0.6) is 5.75 Å². The molecule has 2 aromatic rings. The van der Waals surface area contributed by atoms with E-state index >= 15 is 0 Å². The van der Waals surface area contributed by atoms with Crippen molar-refractivity contribution < 1.29 is 32.6 Å². The average Bonchev–Trinajstić information content (AvgIpc) is 2.89. The summed E-state index contributed by atoms with van der Waals surface area (Å²) < 4.78 is 45.3. The van der Waals surface area contributed by atoms with E-state index in [0.717, 1.165) is 32.4 Å². The molecule has 3 heterocycles. The van der Waals surface area contributed by atoms with E-state index in [4.69, 9.17) is 16.3 Å². The van der Waals surface area contributed by atoms with Crippen molar-refractivity contribution in [3.05, 3.63) is 52.7 Å². The molecule has 0 saturated carbocycles. The number of rotatable bonds is 8. The number of pyridine rings is 1. The number of hydrogen-bond donors (Lipinski definition) is 1. The maximum absolute atomic E-state index is 13.4. The van der Waals surface area contributed by atoms with Gasteiger partial charge in [-0.25, -0.2) is 4.98 Å². The van der Waals surface area contributed by atoms with Gasteiger partial charge in [-0.1, -0.05) is 23.7 Å². The number of carbonyl (C=O) groups is 2. The first-order valence-electron chi connectivity index (χ1n) is 13.2. The van der Waals surface area contributed by atoms with Crippen molar-refractivity contribution >= 4 is 29.2 Å². The zero-order valence-corrected chi connectivity index (χ0v) is 23.5. The molecule has 1 aromatic heterocycles. The summed E-state index contributed by atoms with van der Waals surface area (Å²) in [5.41, 5.74) is -2.51. The number of anilines is 1. The Hall–Kier alpha value is -3.05. The van der Waals surface area contributed by atoms with Gasteiger partial charge >= 0.3 is 6.18 Å². The van der Waals surface area contributed by atoms with Gasteiger partial charge in [0.2, 0.25) is 0 Å². The van der Waals surface area contributed by atoms with Gasteiger partial charge in [-0.05, 0) is 60.9 Å². The zero-order chi connectivity index (χ0) is 29.2. The SMILES string of the molecule is COc1cccc([C@](O)(CC(F)(F)F)C(=O)N2CC(CC3CCN(c4ccc(C(=O)N(C)C)c(Cl)n4)CC3)C2)c1. The smallest absolute Gasteiger partial charge is 0.392 e. The number of amides is 2. The highest BCUT2D eigenvalue weighted by Crippen LogP contribution is 2.40. The molecule has 0 spiro atoms. The largest absolute Gasteiger partial charge is 0.497 e. The lowest BCUT2D eigenvalue weighted by Gasteiger charge is -2.45. The van der Waals surface area contributed by atoms with Crippen LogP contribution in [-0.4, -0.2) is 85.3 Å².